The van der Waals surface area contributed by atoms with Gasteiger partial charge in [0.1, 0.15) is 4.90 Å². The summed E-state index contributed by atoms with van der Waals surface area (Å²) in [7, 11) is -3.72. The summed E-state index contributed by atoms with van der Waals surface area (Å²) in [5.74, 6) is 0.668. The Kier molecular flexibility index (Phi) is 4.67. The Morgan fingerprint density at radius 2 is 2.05 bits per heavy atom. The highest BCUT2D eigenvalue weighted by atomic mass is 32.2. The summed E-state index contributed by atoms with van der Waals surface area (Å²) in [5, 5.41) is 5.32. The number of nitrogens with two attached hydrogens (primary N) is 2. The van der Waals surface area contributed by atoms with E-state index in [1.54, 1.807) is 12.1 Å². The van der Waals surface area contributed by atoms with Crippen LogP contribution in [-0.2, 0) is 10.0 Å². The van der Waals surface area contributed by atoms with Crippen LogP contribution in [0.3, 0.4) is 0 Å². The number of para-hydroxylation sites is 1. The van der Waals surface area contributed by atoms with E-state index < -0.39 is 10.0 Å². The summed E-state index contributed by atoms with van der Waals surface area (Å²) in [6.07, 6.45) is 3.21. The van der Waals surface area contributed by atoms with E-state index in [1.807, 2.05) is 12.1 Å². The zero-order valence-electron chi connectivity index (χ0n) is 11.8. The molecule has 1 aromatic carbocycles. The highest BCUT2D eigenvalue weighted by Gasteiger charge is 2.29. The van der Waals surface area contributed by atoms with Gasteiger partial charge in [-0.25, -0.2) is 13.6 Å². The van der Waals surface area contributed by atoms with Gasteiger partial charge in [0.05, 0.1) is 5.69 Å². The van der Waals surface area contributed by atoms with Crippen LogP contribution in [-0.4, -0.2) is 27.5 Å². The van der Waals surface area contributed by atoms with Gasteiger partial charge in [-0.1, -0.05) is 25.5 Å². The summed E-state index contributed by atoms with van der Waals surface area (Å²) in [6, 6.07) is 7.08. The molecule has 5 nitrogen and oxygen atoms in total. The molecule has 1 aromatic rings. The Hall–Kier alpha value is -1.11. The number of hydrogen-bond donors (Lipinski definition) is 2. The van der Waals surface area contributed by atoms with Crippen LogP contribution >= 0.6 is 0 Å². The SMILES string of the molecule is CCC1CCN(c2ccccc2S(N)(=O)=O)C(CN)C1. The number of primary sulfonamides is 1. The Balaban J connectivity index is 2.36. The van der Waals surface area contributed by atoms with Gasteiger partial charge in [0, 0.05) is 19.1 Å². The lowest BCUT2D eigenvalue weighted by molar-refractivity contribution is 0.335. The zero-order chi connectivity index (χ0) is 14.8. The van der Waals surface area contributed by atoms with Crippen molar-refractivity contribution in [1.82, 2.24) is 0 Å². The van der Waals surface area contributed by atoms with E-state index in [1.165, 1.54) is 0 Å². The molecule has 1 aliphatic rings. The van der Waals surface area contributed by atoms with Crippen LogP contribution in [0.4, 0.5) is 5.69 Å². The molecular weight excluding hydrogens is 274 g/mol. The lowest BCUT2D eigenvalue weighted by Gasteiger charge is -2.41. The number of sulfonamides is 1. The van der Waals surface area contributed by atoms with E-state index in [2.05, 4.69) is 11.8 Å². The number of piperidine rings is 1. The Morgan fingerprint density at radius 3 is 2.65 bits per heavy atom. The Bertz CT molecular complexity index is 559. The fourth-order valence-corrected chi connectivity index (χ4v) is 3.73. The Morgan fingerprint density at radius 1 is 1.35 bits per heavy atom. The van der Waals surface area contributed by atoms with Crippen molar-refractivity contribution < 1.29 is 8.42 Å². The summed E-state index contributed by atoms with van der Waals surface area (Å²) in [5.41, 5.74) is 6.57. The molecule has 1 heterocycles. The van der Waals surface area contributed by atoms with Crippen molar-refractivity contribution in [3.05, 3.63) is 24.3 Å². The van der Waals surface area contributed by atoms with Crippen molar-refractivity contribution in [3.8, 4) is 0 Å². The molecule has 4 N–H and O–H groups in total. The van der Waals surface area contributed by atoms with Gasteiger partial charge in [-0.3, -0.25) is 0 Å². The molecule has 0 amide bonds. The average Bonchev–Trinajstić information content (AvgIpc) is 2.45. The maximum absolute atomic E-state index is 11.7. The van der Waals surface area contributed by atoms with Crippen LogP contribution < -0.4 is 15.8 Å². The van der Waals surface area contributed by atoms with Crippen molar-refractivity contribution in [1.29, 1.82) is 0 Å². The highest BCUT2D eigenvalue weighted by Crippen LogP contribution is 2.32. The van der Waals surface area contributed by atoms with Crippen molar-refractivity contribution in [2.24, 2.45) is 16.8 Å². The molecule has 2 atom stereocenters. The van der Waals surface area contributed by atoms with Crippen LogP contribution in [0.25, 0.3) is 0 Å². The zero-order valence-corrected chi connectivity index (χ0v) is 12.6. The lowest BCUT2D eigenvalue weighted by atomic mass is 9.88. The third-order valence-corrected chi connectivity index (χ3v) is 5.11. The molecule has 6 heteroatoms. The van der Waals surface area contributed by atoms with E-state index in [0.717, 1.165) is 25.8 Å². The van der Waals surface area contributed by atoms with Crippen LogP contribution in [0.15, 0.2) is 29.2 Å². The molecule has 0 saturated carbocycles. The number of benzene rings is 1. The maximum atomic E-state index is 11.7. The van der Waals surface area contributed by atoms with Crippen molar-refractivity contribution in [2.45, 2.75) is 37.1 Å². The molecule has 0 spiro atoms. The van der Waals surface area contributed by atoms with Gasteiger partial charge in [-0.05, 0) is 30.9 Å². The standard InChI is InChI=1S/C14H23N3O2S/c1-2-11-7-8-17(12(9-11)10-15)13-5-3-4-6-14(13)20(16,18)19/h3-6,11-12H,2,7-10,15H2,1H3,(H2,16,18,19). The normalized spacial score (nSPS) is 23.9. The van der Waals surface area contributed by atoms with E-state index in [4.69, 9.17) is 10.9 Å². The summed E-state index contributed by atoms with van der Waals surface area (Å²) in [4.78, 5) is 2.29. The third-order valence-electron chi connectivity index (χ3n) is 4.16. The summed E-state index contributed by atoms with van der Waals surface area (Å²) < 4.78 is 23.5. The highest BCUT2D eigenvalue weighted by molar-refractivity contribution is 7.89. The predicted molar refractivity (Wildman–Crippen MR) is 81.0 cm³/mol. The molecule has 20 heavy (non-hydrogen) atoms. The maximum Gasteiger partial charge on any atom is 0.240 e. The molecule has 2 unspecified atom stereocenters. The first-order valence-electron chi connectivity index (χ1n) is 7.06. The predicted octanol–water partition coefficient (Wildman–Crippen LogP) is 1.29. The summed E-state index contributed by atoms with van der Waals surface area (Å²) >= 11 is 0. The van der Waals surface area contributed by atoms with Crippen LogP contribution in [0, 0.1) is 5.92 Å². The van der Waals surface area contributed by atoms with Gasteiger partial charge < -0.3 is 10.6 Å². The minimum atomic E-state index is -3.72. The fourth-order valence-electron chi connectivity index (χ4n) is 2.98. The van der Waals surface area contributed by atoms with Gasteiger partial charge in [0.2, 0.25) is 10.0 Å². The van der Waals surface area contributed by atoms with Gasteiger partial charge >= 0.3 is 0 Å². The minimum absolute atomic E-state index is 0.177. The quantitative estimate of drug-likeness (QED) is 0.876. The Labute approximate surface area is 121 Å². The molecule has 112 valence electrons. The average molecular weight is 297 g/mol. The molecular formula is C14H23N3O2S. The number of nitrogens with zero attached hydrogens (tertiary/aromatic N) is 1. The first-order valence-corrected chi connectivity index (χ1v) is 8.60. The van der Waals surface area contributed by atoms with Crippen LogP contribution in [0.2, 0.25) is 0 Å². The molecule has 2 rings (SSSR count). The smallest absolute Gasteiger partial charge is 0.240 e. The van der Waals surface area contributed by atoms with Crippen molar-refractivity contribution in [3.63, 3.8) is 0 Å². The second kappa shape index (κ2) is 6.11. The van der Waals surface area contributed by atoms with Gasteiger partial charge in [-0.15, -0.1) is 0 Å². The molecule has 0 aromatic heterocycles. The molecule has 0 aliphatic carbocycles. The molecule has 1 aliphatic heterocycles. The largest absolute Gasteiger partial charge is 0.366 e. The summed E-state index contributed by atoms with van der Waals surface area (Å²) in [6.45, 7) is 3.54. The van der Waals surface area contributed by atoms with Gasteiger partial charge in [0.25, 0.3) is 0 Å². The van der Waals surface area contributed by atoms with Crippen LogP contribution in [0.1, 0.15) is 26.2 Å². The van der Waals surface area contributed by atoms with E-state index >= 15 is 0 Å². The lowest BCUT2D eigenvalue weighted by Crippen LogP contribution is -2.47. The topological polar surface area (TPSA) is 89.4 Å². The van der Waals surface area contributed by atoms with Crippen LogP contribution in [0.5, 0.6) is 0 Å². The van der Waals surface area contributed by atoms with Gasteiger partial charge in [0.15, 0.2) is 0 Å². The van der Waals surface area contributed by atoms with Crippen molar-refractivity contribution >= 4 is 15.7 Å². The fraction of sp³-hybridized carbons (Fsp3) is 0.571. The van der Waals surface area contributed by atoms with E-state index in [0.29, 0.717) is 18.2 Å². The molecule has 1 saturated heterocycles. The first kappa shape index (κ1) is 15.3. The van der Waals surface area contributed by atoms with Gasteiger partial charge in [-0.2, -0.15) is 0 Å². The molecule has 0 radical (unpaired) electrons. The second-order valence-electron chi connectivity index (χ2n) is 5.39. The van der Waals surface area contributed by atoms with E-state index in [9.17, 15) is 8.42 Å². The number of anilines is 1. The number of hydrogen-bond acceptors (Lipinski definition) is 4. The van der Waals surface area contributed by atoms with Crippen molar-refractivity contribution in [2.75, 3.05) is 18.0 Å². The molecule has 0 bridgehead atoms. The molecule has 1 fully saturated rings. The monoisotopic (exact) mass is 297 g/mol. The van der Waals surface area contributed by atoms with E-state index in [-0.39, 0.29) is 10.9 Å². The second-order valence-corrected chi connectivity index (χ2v) is 6.92. The first-order chi connectivity index (χ1) is 9.47. The number of rotatable bonds is 4. The minimum Gasteiger partial charge on any atom is -0.366 e. The third kappa shape index (κ3) is 3.13.